The minimum Gasteiger partial charge on any atom is -0.497 e. The number of methoxy groups -OCH3 is 2. The summed E-state index contributed by atoms with van der Waals surface area (Å²) in [6, 6.07) is 11.3. The first-order valence-corrected chi connectivity index (χ1v) is 11.8. The molecule has 0 bridgehead atoms. The number of benzene rings is 2. The third-order valence-corrected chi connectivity index (χ3v) is 5.93. The van der Waals surface area contributed by atoms with E-state index in [2.05, 4.69) is 10.2 Å². The molecular weight excluding hydrogens is 451 g/mol. The second kappa shape index (κ2) is 12.4. The molecule has 1 fully saturated rings. The highest BCUT2D eigenvalue weighted by Crippen LogP contribution is 2.24. The Morgan fingerprint density at radius 1 is 1.00 bits per heavy atom. The van der Waals surface area contributed by atoms with Crippen molar-refractivity contribution in [1.82, 2.24) is 20.0 Å². The number of rotatable bonds is 9. The molecule has 3 rings (SSSR count). The highest BCUT2D eigenvalue weighted by molar-refractivity contribution is 5.95. The van der Waals surface area contributed by atoms with Crippen LogP contribution < -0.4 is 14.8 Å². The second-order valence-electron chi connectivity index (χ2n) is 8.89. The lowest BCUT2D eigenvalue weighted by Crippen LogP contribution is -2.51. The number of urea groups is 1. The summed E-state index contributed by atoms with van der Waals surface area (Å²) < 4.78 is 23.8. The van der Waals surface area contributed by atoms with Gasteiger partial charge in [-0.15, -0.1) is 0 Å². The van der Waals surface area contributed by atoms with E-state index in [9.17, 15) is 14.0 Å². The smallest absolute Gasteiger partial charge is 0.317 e. The van der Waals surface area contributed by atoms with E-state index in [-0.39, 0.29) is 23.8 Å². The van der Waals surface area contributed by atoms with Crippen LogP contribution in [0.25, 0.3) is 0 Å². The SMILES string of the molecule is COc1cc(OC)cc(C(=O)N2CCN(CCN(Cc3ccc(F)cc3)C(=O)NC(C)C)CC2)c1. The molecular formula is C26H35FN4O4. The van der Waals surface area contributed by atoms with Crippen molar-refractivity contribution in [2.24, 2.45) is 0 Å². The maximum atomic E-state index is 13.3. The van der Waals surface area contributed by atoms with Gasteiger partial charge in [0.1, 0.15) is 17.3 Å². The molecule has 9 heteroatoms. The Bertz CT molecular complexity index is 969. The fourth-order valence-corrected chi connectivity index (χ4v) is 3.95. The fraction of sp³-hybridized carbons (Fsp3) is 0.462. The molecule has 1 aliphatic rings. The summed E-state index contributed by atoms with van der Waals surface area (Å²) in [6.07, 6.45) is 0. The molecule has 2 aromatic carbocycles. The molecule has 190 valence electrons. The summed E-state index contributed by atoms with van der Waals surface area (Å²) in [5.74, 6) is 0.794. The number of halogens is 1. The molecule has 3 amide bonds. The fourth-order valence-electron chi connectivity index (χ4n) is 3.95. The summed E-state index contributed by atoms with van der Waals surface area (Å²) in [4.78, 5) is 31.6. The van der Waals surface area contributed by atoms with Gasteiger partial charge in [0, 0.05) is 63.5 Å². The van der Waals surface area contributed by atoms with Gasteiger partial charge in [-0.1, -0.05) is 12.1 Å². The molecule has 0 atom stereocenters. The predicted molar refractivity (Wildman–Crippen MR) is 132 cm³/mol. The number of piperazine rings is 1. The standard InChI is InChI=1S/C26H35FN4O4/c1-19(2)28-26(33)31(18-20-5-7-22(27)8-6-20)14-11-29-9-12-30(13-10-29)25(32)21-15-23(34-3)17-24(16-21)35-4/h5-8,15-17,19H,9-14,18H2,1-4H3,(H,28,33). The van der Waals surface area contributed by atoms with Gasteiger partial charge in [-0.3, -0.25) is 9.69 Å². The van der Waals surface area contributed by atoms with E-state index in [0.29, 0.717) is 62.9 Å². The largest absolute Gasteiger partial charge is 0.497 e. The molecule has 0 aromatic heterocycles. The van der Waals surface area contributed by atoms with E-state index in [1.807, 2.05) is 18.7 Å². The lowest BCUT2D eigenvalue weighted by atomic mass is 10.1. The highest BCUT2D eigenvalue weighted by Gasteiger charge is 2.24. The number of hydrogen-bond donors (Lipinski definition) is 1. The Hall–Kier alpha value is -3.33. The van der Waals surface area contributed by atoms with Gasteiger partial charge in [0.2, 0.25) is 0 Å². The number of nitrogens with zero attached hydrogens (tertiary/aromatic N) is 3. The number of hydrogen-bond acceptors (Lipinski definition) is 5. The van der Waals surface area contributed by atoms with Gasteiger partial charge in [-0.2, -0.15) is 0 Å². The molecule has 1 aliphatic heterocycles. The summed E-state index contributed by atoms with van der Waals surface area (Å²) in [5.41, 5.74) is 1.40. The average Bonchev–Trinajstić information content (AvgIpc) is 2.86. The third kappa shape index (κ3) is 7.58. The van der Waals surface area contributed by atoms with Crippen LogP contribution in [0.1, 0.15) is 29.8 Å². The number of ether oxygens (including phenoxy) is 2. The number of carbonyl (C=O) groups is 2. The average molecular weight is 487 g/mol. The zero-order valence-corrected chi connectivity index (χ0v) is 20.9. The first kappa shape index (κ1) is 26.3. The topological polar surface area (TPSA) is 74.4 Å². The Balaban J connectivity index is 1.56. The van der Waals surface area contributed by atoms with Gasteiger partial charge in [-0.25, -0.2) is 9.18 Å². The lowest BCUT2D eigenvalue weighted by molar-refractivity contribution is 0.0626. The zero-order valence-electron chi connectivity index (χ0n) is 20.9. The Labute approximate surface area is 206 Å². The Morgan fingerprint density at radius 2 is 1.60 bits per heavy atom. The summed E-state index contributed by atoms with van der Waals surface area (Å²) >= 11 is 0. The van der Waals surface area contributed by atoms with E-state index in [1.165, 1.54) is 12.1 Å². The lowest BCUT2D eigenvalue weighted by Gasteiger charge is -2.36. The van der Waals surface area contributed by atoms with Gasteiger partial charge >= 0.3 is 6.03 Å². The normalized spacial score (nSPS) is 14.1. The monoisotopic (exact) mass is 486 g/mol. The van der Waals surface area contributed by atoms with Crippen molar-refractivity contribution in [3.63, 3.8) is 0 Å². The molecule has 8 nitrogen and oxygen atoms in total. The van der Waals surface area contributed by atoms with Crippen LogP contribution in [-0.2, 0) is 6.54 Å². The predicted octanol–water partition coefficient (Wildman–Crippen LogP) is 3.22. The van der Waals surface area contributed by atoms with Crippen LogP contribution in [0.2, 0.25) is 0 Å². The molecule has 0 unspecified atom stereocenters. The number of amides is 3. The van der Waals surface area contributed by atoms with Crippen molar-refractivity contribution in [2.75, 3.05) is 53.5 Å². The third-order valence-electron chi connectivity index (χ3n) is 5.93. The van der Waals surface area contributed by atoms with Gasteiger partial charge in [0.05, 0.1) is 14.2 Å². The van der Waals surface area contributed by atoms with Gasteiger partial charge < -0.3 is 24.6 Å². The summed E-state index contributed by atoms with van der Waals surface area (Å²) in [6.45, 7) is 8.05. The quantitative estimate of drug-likeness (QED) is 0.589. The van der Waals surface area contributed by atoms with Crippen molar-refractivity contribution < 1.29 is 23.5 Å². The molecule has 1 heterocycles. The first-order chi connectivity index (χ1) is 16.8. The summed E-state index contributed by atoms with van der Waals surface area (Å²) in [5, 5.41) is 2.94. The minimum atomic E-state index is -0.299. The van der Waals surface area contributed by atoms with Crippen molar-refractivity contribution in [1.29, 1.82) is 0 Å². The molecule has 0 radical (unpaired) electrons. The van der Waals surface area contributed by atoms with E-state index in [1.54, 1.807) is 49.5 Å². The van der Waals surface area contributed by atoms with Crippen molar-refractivity contribution >= 4 is 11.9 Å². The Morgan fingerprint density at radius 3 is 2.14 bits per heavy atom. The number of nitrogens with one attached hydrogen (secondary N) is 1. The van der Waals surface area contributed by atoms with Gasteiger partial charge in [0.15, 0.2) is 0 Å². The van der Waals surface area contributed by atoms with Gasteiger partial charge in [-0.05, 0) is 43.7 Å². The molecule has 2 aromatic rings. The van der Waals surface area contributed by atoms with Crippen LogP contribution in [0.4, 0.5) is 9.18 Å². The van der Waals surface area contributed by atoms with Crippen LogP contribution in [-0.4, -0.2) is 86.2 Å². The maximum absolute atomic E-state index is 13.3. The molecule has 35 heavy (non-hydrogen) atoms. The van der Waals surface area contributed by atoms with E-state index in [0.717, 1.165) is 5.56 Å². The molecule has 0 spiro atoms. The van der Waals surface area contributed by atoms with Crippen LogP contribution in [0.5, 0.6) is 11.5 Å². The summed E-state index contributed by atoms with van der Waals surface area (Å²) in [7, 11) is 3.12. The zero-order chi connectivity index (χ0) is 25.4. The highest BCUT2D eigenvalue weighted by atomic mass is 19.1. The maximum Gasteiger partial charge on any atom is 0.317 e. The van der Waals surface area contributed by atoms with Crippen LogP contribution >= 0.6 is 0 Å². The molecule has 1 saturated heterocycles. The van der Waals surface area contributed by atoms with Crippen LogP contribution in [0.15, 0.2) is 42.5 Å². The van der Waals surface area contributed by atoms with E-state index in [4.69, 9.17) is 9.47 Å². The minimum absolute atomic E-state index is 0.0167. The molecule has 1 N–H and O–H groups in total. The van der Waals surface area contributed by atoms with Crippen molar-refractivity contribution in [2.45, 2.75) is 26.4 Å². The first-order valence-electron chi connectivity index (χ1n) is 11.8. The van der Waals surface area contributed by atoms with Crippen LogP contribution in [0, 0.1) is 5.82 Å². The molecule has 0 aliphatic carbocycles. The second-order valence-corrected chi connectivity index (χ2v) is 8.89. The van der Waals surface area contributed by atoms with Gasteiger partial charge in [0.25, 0.3) is 5.91 Å². The number of carbonyl (C=O) groups excluding carboxylic acids is 2. The van der Waals surface area contributed by atoms with Crippen molar-refractivity contribution in [3.05, 3.63) is 59.4 Å². The van der Waals surface area contributed by atoms with Crippen LogP contribution in [0.3, 0.4) is 0 Å². The Kier molecular flexibility index (Phi) is 9.31. The van der Waals surface area contributed by atoms with E-state index < -0.39 is 0 Å². The van der Waals surface area contributed by atoms with Crippen molar-refractivity contribution in [3.8, 4) is 11.5 Å². The molecule has 0 saturated carbocycles. The van der Waals surface area contributed by atoms with E-state index >= 15 is 0 Å².